The molecule has 1 unspecified atom stereocenters. The van der Waals surface area contributed by atoms with Crippen molar-refractivity contribution in [3.8, 4) is 6.07 Å². The number of rotatable bonds is 16. The monoisotopic (exact) mass is 851 g/mol. The van der Waals surface area contributed by atoms with E-state index in [4.69, 9.17) is 43.6 Å². The number of hydrogen-bond donors (Lipinski definition) is 4. The van der Waals surface area contributed by atoms with Crippen molar-refractivity contribution >= 4 is 69.0 Å². The molecule has 0 radical (unpaired) electrons. The Balaban J connectivity index is 0.000000492. The molecule has 5 rings (SSSR count). The number of fused-ring (bicyclic) bond motifs is 1. The number of aliphatic hydroxyl groups is 1. The van der Waals surface area contributed by atoms with E-state index in [-0.39, 0.29) is 11.8 Å². The molecule has 1 aliphatic rings. The molecule has 0 saturated carbocycles. The van der Waals surface area contributed by atoms with Gasteiger partial charge in [-0.05, 0) is 109 Å². The van der Waals surface area contributed by atoms with E-state index in [1.807, 2.05) is 67.7 Å². The Bertz CT molecular complexity index is 2120. The van der Waals surface area contributed by atoms with Gasteiger partial charge in [-0.1, -0.05) is 78.7 Å². The average Bonchev–Trinajstić information content (AvgIpc) is 3.19. The summed E-state index contributed by atoms with van der Waals surface area (Å²) in [6, 6.07) is 27.4. The topological polar surface area (TPSA) is 203 Å². The minimum absolute atomic E-state index is 0.0362. The first kappa shape index (κ1) is 46.0. The molecule has 1 fully saturated rings. The van der Waals surface area contributed by atoms with Gasteiger partial charge in [-0.3, -0.25) is 14.4 Å². The van der Waals surface area contributed by atoms with E-state index in [2.05, 4.69) is 30.0 Å². The van der Waals surface area contributed by atoms with Gasteiger partial charge in [0.2, 0.25) is 0 Å². The van der Waals surface area contributed by atoms with Gasteiger partial charge in [-0.25, -0.2) is 4.79 Å². The lowest BCUT2D eigenvalue weighted by molar-refractivity contribution is -0.170. The smallest absolute Gasteiger partial charge is 0.336 e. The molecule has 1 saturated heterocycles. The van der Waals surface area contributed by atoms with Gasteiger partial charge in [0.25, 0.3) is 5.91 Å². The number of nitrogens with zero attached hydrogens (tertiary/aromatic N) is 3. The second-order valence-corrected chi connectivity index (χ2v) is 16.7. The molecule has 0 aliphatic carbocycles. The quantitative estimate of drug-likeness (QED) is 0.0818. The molecule has 0 bridgehead atoms. The van der Waals surface area contributed by atoms with Gasteiger partial charge in [0.05, 0.1) is 34.5 Å². The lowest BCUT2D eigenvalue weighted by Gasteiger charge is -2.34. The second-order valence-electron chi connectivity index (χ2n) is 14.4. The van der Waals surface area contributed by atoms with Gasteiger partial charge in [0.1, 0.15) is 5.75 Å². The third-order valence-electron chi connectivity index (χ3n) is 10.1. The molecule has 0 spiro atoms. The number of halogens is 2. The van der Waals surface area contributed by atoms with Crippen LogP contribution in [0.4, 0.5) is 0 Å². The van der Waals surface area contributed by atoms with Crippen LogP contribution in [0.25, 0.3) is 10.8 Å². The molecule has 1 aliphatic heterocycles. The molecule has 1 heterocycles. The summed E-state index contributed by atoms with van der Waals surface area (Å²) in [5, 5.41) is 46.1. The Hall–Kier alpha value is -4.68. The van der Waals surface area contributed by atoms with Gasteiger partial charge in [-0.2, -0.15) is 5.26 Å². The van der Waals surface area contributed by atoms with Crippen molar-refractivity contribution in [1.29, 1.82) is 5.26 Å². The van der Waals surface area contributed by atoms with Crippen LogP contribution in [0, 0.1) is 11.3 Å². The number of carboxylic acid groups (broad SMARTS) is 3. The molecule has 12 nitrogen and oxygen atoms in total. The summed E-state index contributed by atoms with van der Waals surface area (Å²) in [7, 11) is 1.83. The van der Waals surface area contributed by atoms with Gasteiger partial charge in [-0.15, -0.1) is 0 Å². The Morgan fingerprint density at radius 2 is 1.59 bits per heavy atom. The zero-order valence-electron chi connectivity index (χ0n) is 32.3. The summed E-state index contributed by atoms with van der Waals surface area (Å²) in [4.78, 5) is 49.6. The maximum absolute atomic E-state index is 13.8. The highest BCUT2D eigenvalue weighted by atomic mass is 35.5. The zero-order valence-corrected chi connectivity index (χ0v) is 34.6. The second kappa shape index (κ2) is 21.4. The highest BCUT2D eigenvalue weighted by Crippen LogP contribution is 2.35. The molecular formula is C43H47Cl2N3O9S. The van der Waals surface area contributed by atoms with Gasteiger partial charge < -0.3 is 34.8 Å². The summed E-state index contributed by atoms with van der Waals surface area (Å²) in [5.41, 5.74) is 0.543. The van der Waals surface area contributed by atoms with Crippen LogP contribution in [-0.4, -0.2) is 103 Å². The number of amides is 1. The van der Waals surface area contributed by atoms with Crippen LogP contribution in [0.15, 0.2) is 83.8 Å². The molecule has 1 amide bonds. The predicted molar refractivity (Wildman–Crippen MR) is 223 cm³/mol. The van der Waals surface area contributed by atoms with Crippen LogP contribution in [0.1, 0.15) is 84.3 Å². The summed E-state index contributed by atoms with van der Waals surface area (Å²) >= 11 is 11.8. The van der Waals surface area contributed by atoms with Crippen LogP contribution in [0.5, 0.6) is 0 Å². The van der Waals surface area contributed by atoms with Crippen molar-refractivity contribution in [3.63, 3.8) is 0 Å². The average molecular weight is 853 g/mol. The predicted octanol–water partition coefficient (Wildman–Crippen LogP) is 7.41. The van der Waals surface area contributed by atoms with E-state index in [0.717, 1.165) is 66.5 Å². The van der Waals surface area contributed by atoms with Crippen LogP contribution in [0.2, 0.25) is 10.0 Å². The summed E-state index contributed by atoms with van der Waals surface area (Å²) in [6.45, 7) is 5.39. The fourth-order valence-corrected chi connectivity index (χ4v) is 8.77. The number of piperidine rings is 1. The highest BCUT2D eigenvalue weighted by molar-refractivity contribution is 7.91. The fourth-order valence-electron chi connectivity index (χ4n) is 7.14. The Kier molecular flexibility index (Phi) is 16.9. The number of carboxylic acids is 3. The van der Waals surface area contributed by atoms with E-state index >= 15 is 0 Å². The van der Waals surface area contributed by atoms with Crippen molar-refractivity contribution in [2.75, 3.05) is 39.0 Å². The number of hydrogen-bond acceptors (Lipinski definition) is 8. The number of carbonyl (C=O) groups excluding carboxylic acids is 1. The first-order valence-corrected chi connectivity index (χ1v) is 20.9. The van der Waals surface area contributed by atoms with Crippen LogP contribution in [0.3, 0.4) is 0 Å². The van der Waals surface area contributed by atoms with Crippen LogP contribution >= 0.6 is 23.2 Å². The summed E-state index contributed by atoms with van der Waals surface area (Å²) in [5.74, 6) is -3.99. The van der Waals surface area contributed by atoms with Crippen molar-refractivity contribution in [2.24, 2.45) is 0 Å². The van der Waals surface area contributed by atoms with Crippen molar-refractivity contribution in [2.45, 2.75) is 67.8 Å². The third kappa shape index (κ3) is 12.4. The molecule has 15 heteroatoms. The van der Waals surface area contributed by atoms with Gasteiger partial charge in [0.15, 0.2) is 10.5 Å². The number of benzene rings is 4. The van der Waals surface area contributed by atoms with E-state index in [1.165, 1.54) is 5.56 Å². The molecule has 4 N–H and O–H groups in total. The Morgan fingerprint density at radius 3 is 2.19 bits per heavy atom. The highest BCUT2D eigenvalue weighted by Gasteiger charge is 2.41. The number of aliphatic carboxylic acids is 3. The lowest BCUT2D eigenvalue weighted by Crippen LogP contribution is -2.42. The molecule has 2 atom stereocenters. The number of carbonyl (C=O) groups is 4. The first-order valence-electron chi connectivity index (χ1n) is 18.8. The van der Waals surface area contributed by atoms with Crippen molar-refractivity contribution in [1.82, 2.24) is 9.80 Å². The molecule has 308 valence electrons. The maximum atomic E-state index is 13.8. The molecule has 4 aromatic rings. The van der Waals surface area contributed by atoms with Crippen LogP contribution < -0.4 is 0 Å². The van der Waals surface area contributed by atoms with Crippen molar-refractivity contribution in [3.05, 3.63) is 111 Å². The minimum Gasteiger partial charge on any atom is -0.611 e. The number of likely N-dealkylation sites (N-methyl/N-ethyl adjacent to an activating group) is 1. The molecular weight excluding hydrogens is 805 g/mol. The normalized spacial score (nSPS) is 14.4. The maximum Gasteiger partial charge on any atom is 0.336 e. The molecule has 4 aromatic carbocycles. The summed E-state index contributed by atoms with van der Waals surface area (Å²) in [6.07, 6.45) is 1.51. The SMILES string of the molecule is CCC[S+]([O-])c1ccccc1C1CCN(CC[C@H](CN(C)C(=O)c2cc(C#N)cc3ccccc23)c2ccc(Cl)c(Cl)c2)CC1.O=C(O)CC(O)(CC(=O)O)C(=O)O. The summed E-state index contributed by atoms with van der Waals surface area (Å²) < 4.78 is 12.9. The Morgan fingerprint density at radius 1 is 0.948 bits per heavy atom. The fraction of sp³-hybridized carbons (Fsp3) is 0.372. The zero-order chi connectivity index (χ0) is 42.6. The minimum atomic E-state index is -2.74. The lowest BCUT2D eigenvalue weighted by atomic mass is 9.88. The van der Waals surface area contributed by atoms with Gasteiger partial charge >= 0.3 is 17.9 Å². The standard InChI is InChI=1S/C37H39Cl2N3O2S.C6H8O7/c1-3-20-45(44)36-11-7-6-10-32(36)27-14-17-42(18-15-27)19-16-30(28-12-13-34(38)35(39)23-28)25-41(2)37(43)33-22-26(24-40)21-29-8-4-5-9-31(29)33;7-3(8)1-6(13,5(11)12)2-4(9)10/h4-13,21-23,27,30H,3,14-20,25H2,1-2H3;13H,1-2H2,(H,7,8)(H,9,10)(H,11,12)/t30-,45?;/m1./s1. The number of likely N-dealkylation sites (tertiary alicyclic amines) is 1. The van der Waals surface area contributed by atoms with E-state index < -0.39 is 47.5 Å². The number of nitriles is 1. The van der Waals surface area contributed by atoms with Gasteiger partial charge in [0, 0.05) is 30.6 Å². The van der Waals surface area contributed by atoms with E-state index in [1.54, 1.807) is 11.0 Å². The van der Waals surface area contributed by atoms with Crippen molar-refractivity contribution < 1.29 is 44.2 Å². The van der Waals surface area contributed by atoms with E-state index in [9.17, 15) is 29.0 Å². The first-order chi connectivity index (χ1) is 27.6. The van der Waals surface area contributed by atoms with Crippen LogP contribution in [-0.2, 0) is 25.6 Å². The largest absolute Gasteiger partial charge is 0.611 e. The van der Waals surface area contributed by atoms with E-state index in [0.29, 0.717) is 39.4 Å². The third-order valence-corrected chi connectivity index (χ3v) is 12.5. The molecule has 58 heavy (non-hydrogen) atoms. The Labute approximate surface area is 350 Å². The molecule has 0 aromatic heterocycles.